The molecule has 0 bridgehead atoms. The van der Waals surface area contributed by atoms with Gasteiger partial charge in [0.05, 0.1) is 12.7 Å². The Hall–Kier alpha value is -1.17. The first kappa shape index (κ1) is 13.9. The van der Waals surface area contributed by atoms with Gasteiger partial charge in [-0.1, -0.05) is 0 Å². The normalized spacial score (nSPS) is 12.9. The largest absolute Gasteiger partial charge is 0.389 e. The molecule has 1 aromatic heterocycles. The summed E-state index contributed by atoms with van der Waals surface area (Å²) in [6.45, 7) is 2.43. The van der Waals surface area contributed by atoms with Crippen LogP contribution < -0.4 is 5.32 Å². The van der Waals surface area contributed by atoms with Crippen molar-refractivity contribution in [2.24, 2.45) is 0 Å². The molecule has 0 aliphatic rings. The van der Waals surface area contributed by atoms with Crippen LogP contribution in [0.5, 0.6) is 0 Å². The van der Waals surface area contributed by atoms with E-state index in [1.54, 1.807) is 17.4 Å². The van der Waals surface area contributed by atoms with Crippen molar-refractivity contribution >= 4 is 23.3 Å². The minimum absolute atomic E-state index is 0.195. The number of thiophene rings is 1. The van der Waals surface area contributed by atoms with Gasteiger partial charge in [-0.2, -0.15) is 0 Å². The van der Waals surface area contributed by atoms with E-state index in [9.17, 15) is 9.90 Å². The molecule has 1 heterocycles. The second-order valence-electron chi connectivity index (χ2n) is 3.64. The van der Waals surface area contributed by atoms with E-state index in [4.69, 9.17) is 4.74 Å². The summed E-state index contributed by atoms with van der Waals surface area (Å²) in [5, 5.41) is 11.9. The predicted octanol–water partition coefficient (Wildman–Crippen LogP) is 1.19. The lowest BCUT2D eigenvalue weighted by Crippen LogP contribution is -2.33. The van der Waals surface area contributed by atoms with Crippen molar-refractivity contribution in [3.8, 4) is 0 Å². The highest BCUT2D eigenvalue weighted by molar-refractivity contribution is 7.12. The number of amides is 1. The third-order valence-electron chi connectivity index (χ3n) is 2.03. The number of nitrogens with one attached hydrogen (secondary N) is 1. The topological polar surface area (TPSA) is 58.6 Å². The lowest BCUT2D eigenvalue weighted by Gasteiger charge is -2.08. The van der Waals surface area contributed by atoms with Crippen LogP contribution in [0, 0.1) is 6.92 Å². The molecule has 2 N–H and O–H groups in total. The second kappa shape index (κ2) is 7.21. The summed E-state index contributed by atoms with van der Waals surface area (Å²) in [6, 6.07) is 3.97. The van der Waals surface area contributed by atoms with E-state index < -0.39 is 6.10 Å². The number of carbonyl (C=O) groups is 1. The number of methoxy groups -OCH3 is 1. The van der Waals surface area contributed by atoms with Gasteiger partial charge >= 0.3 is 0 Å². The number of aliphatic hydroxyl groups is 1. The van der Waals surface area contributed by atoms with Gasteiger partial charge in [-0.25, -0.2) is 0 Å². The molecule has 1 atom stereocenters. The number of aliphatic hydroxyl groups excluding tert-OH is 1. The monoisotopic (exact) mass is 255 g/mol. The van der Waals surface area contributed by atoms with Crippen molar-refractivity contribution in [3.05, 3.63) is 28.0 Å². The molecule has 94 valence electrons. The van der Waals surface area contributed by atoms with Gasteiger partial charge in [-0.05, 0) is 25.1 Å². The maximum atomic E-state index is 11.4. The Morgan fingerprint density at radius 2 is 2.41 bits per heavy atom. The van der Waals surface area contributed by atoms with Crippen molar-refractivity contribution in [1.29, 1.82) is 0 Å². The zero-order valence-corrected chi connectivity index (χ0v) is 10.8. The number of hydrogen-bond donors (Lipinski definition) is 2. The summed E-state index contributed by atoms with van der Waals surface area (Å²) >= 11 is 1.63. The van der Waals surface area contributed by atoms with E-state index in [-0.39, 0.29) is 19.1 Å². The molecule has 1 unspecified atom stereocenters. The smallest absolute Gasteiger partial charge is 0.244 e. The molecule has 1 rings (SSSR count). The van der Waals surface area contributed by atoms with Gasteiger partial charge in [0.2, 0.25) is 5.91 Å². The molecular weight excluding hydrogens is 238 g/mol. The highest BCUT2D eigenvalue weighted by Gasteiger charge is 2.04. The van der Waals surface area contributed by atoms with Gasteiger partial charge in [-0.15, -0.1) is 11.3 Å². The Kier molecular flexibility index (Phi) is 5.90. The van der Waals surface area contributed by atoms with Gasteiger partial charge < -0.3 is 15.2 Å². The van der Waals surface area contributed by atoms with Crippen LogP contribution in [0.15, 0.2) is 18.2 Å². The molecule has 0 aliphatic carbocycles. The highest BCUT2D eigenvalue weighted by atomic mass is 32.1. The number of carbonyl (C=O) groups excluding carboxylic acids is 1. The maximum Gasteiger partial charge on any atom is 0.244 e. The van der Waals surface area contributed by atoms with Crippen LogP contribution in [0.1, 0.15) is 9.75 Å². The van der Waals surface area contributed by atoms with Crippen LogP contribution >= 0.6 is 11.3 Å². The van der Waals surface area contributed by atoms with Gasteiger partial charge in [0.15, 0.2) is 0 Å². The Morgan fingerprint density at radius 1 is 1.65 bits per heavy atom. The molecule has 0 saturated carbocycles. The minimum atomic E-state index is -0.665. The average Bonchev–Trinajstić information content (AvgIpc) is 2.70. The summed E-state index contributed by atoms with van der Waals surface area (Å²) in [5.41, 5.74) is 0. The van der Waals surface area contributed by atoms with E-state index >= 15 is 0 Å². The molecule has 0 aromatic carbocycles. The third kappa shape index (κ3) is 5.63. The molecule has 0 saturated heterocycles. The second-order valence-corrected chi connectivity index (χ2v) is 4.96. The number of hydrogen-bond acceptors (Lipinski definition) is 4. The van der Waals surface area contributed by atoms with Gasteiger partial charge in [0.1, 0.15) is 0 Å². The quantitative estimate of drug-likeness (QED) is 0.751. The molecular formula is C12H17NO3S. The number of ether oxygens (including phenoxy) is 1. The first-order valence-electron chi connectivity index (χ1n) is 5.31. The fourth-order valence-corrected chi connectivity index (χ4v) is 2.01. The number of aryl methyl sites for hydroxylation is 1. The van der Waals surface area contributed by atoms with Crippen molar-refractivity contribution in [2.45, 2.75) is 13.0 Å². The van der Waals surface area contributed by atoms with Crippen molar-refractivity contribution in [3.63, 3.8) is 0 Å². The molecule has 17 heavy (non-hydrogen) atoms. The van der Waals surface area contributed by atoms with Crippen LogP contribution in [-0.2, 0) is 9.53 Å². The first-order valence-corrected chi connectivity index (χ1v) is 6.13. The van der Waals surface area contributed by atoms with Crippen molar-refractivity contribution < 1.29 is 14.6 Å². The Balaban J connectivity index is 2.32. The molecule has 0 radical (unpaired) electrons. The van der Waals surface area contributed by atoms with E-state index in [2.05, 4.69) is 5.32 Å². The Labute approximate surface area is 105 Å². The number of rotatable bonds is 6. The van der Waals surface area contributed by atoms with Crippen LogP contribution in [-0.4, -0.2) is 37.4 Å². The highest BCUT2D eigenvalue weighted by Crippen LogP contribution is 2.16. The van der Waals surface area contributed by atoms with E-state index in [1.807, 2.05) is 19.1 Å². The minimum Gasteiger partial charge on any atom is -0.389 e. The molecule has 1 amide bonds. The molecule has 0 fully saturated rings. The Bertz CT molecular complexity index is 387. The third-order valence-corrected chi connectivity index (χ3v) is 3.00. The van der Waals surface area contributed by atoms with Gasteiger partial charge in [0.25, 0.3) is 0 Å². The van der Waals surface area contributed by atoms with Crippen molar-refractivity contribution in [2.75, 3.05) is 20.3 Å². The van der Waals surface area contributed by atoms with Gasteiger partial charge in [0, 0.05) is 29.5 Å². The standard InChI is InChI=1S/C12H17NO3S/c1-9-3-4-11(17-9)5-6-12(15)13-7-10(14)8-16-2/h3-6,10,14H,7-8H2,1-2H3,(H,13,15). The van der Waals surface area contributed by atoms with Gasteiger partial charge in [-0.3, -0.25) is 4.79 Å². The first-order chi connectivity index (χ1) is 8.11. The summed E-state index contributed by atoms with van der Waals surface area (Å²) in [7, 11) is 1.50. The van der Waals surface area contributed by atoms with Crippen LogP contribution in [0.2, 0.25) is 0 Å². The SMILES string of the molecule is COCC(O)CNC(=O)C=Cc1ccc(C)s1. The summed E-state index contributed by atoms with van der Waals surface area (Å²) in [6.07, 6.45) is 2.56. The lowest BCUT2D eigenvalue weighted by atomic mass is 10.3. The van der Waals surface area contributed by atoms with E-state index in [0.717, 1.165) is 4.88 Å². The fraction of sp³-hybridized carbons (Fsp3) is 0.417. The molecule has 4 nitrogen and oxygen atoms in total. The molecule has 1 aromatic rings. The van der Waals surface area contributed by atoms with E-state index in [0.29, 0.717) is 0 Å². The summed E-state index contributed by atoms with van der Waals surface area (Å²) < 4.78 is 4.75. The summed E-state index contributed by atoms with van der Waals surface area (Å²) in [4.78, 5) is 13.6. The zero-order chi connectivity index (χ0) is 12.7. The Morgan fingerprint density at radius 3 is 3.00 bits per heavy atom. The molecule has 0 aliphatic heterocycles. The zero-order valence-electron chi connectivity index (χ0n) is 9.97. The molecule has 0 spiro atoms. The van der Waals surface area contributed by atoms with Crippen LogP contribution in [0.25, 0.3) is 6.08 Å². The van der Waals surface area contributed by atoms with Crippen LogP contribution in [0.3, 0.4) is 0 Å². The maximum absolute atomic E-state index is 11.4. The lowest BCUT2D eigenvalue weighted by molar-refractivity contribution is -0.117. The van der Waals surface area contributed by atoms with Crippen LogP contribution in [0.4, 0.5) is 0 Å². The van der Waals surface area contributed by atoms with Crippen molar-refractivity contribution in [1.82, 2.24) is 5.32 Å². The van der Waals surface area contributed by atoms with E-state index in [1.165, 1.54) is 18.1 Å². The average molecular weight is 255 g/mol. The summed E-state index contributed by atoms with van der Waals surface area (Å²) in [5.74, 6) is -0.216. The predicted molar refractivity (Wildman–Crippen MR) is 69.0 cm³/mol. The molecule has 5 heteroatoms. The fourth-order valence-electron chi connectivity index (χ4n) is 1.23.